The SMILES string of the molecule is CCC(C)(Nc1cc(C)c([N+](=O)[O-])cc1Br)C(=O)O. The van der Waals surface area contributed by atoms with Crippen LogP contribution < -0.4 is 5.32 Å². The van der Waals surface area contributed by atoms with E-state index in [1.807, 2.05) is 0 Å². The van der Waals surface area contributed by atoms with Crippen LogP contribution in [-0.2, 0) is 4.79 Å². The van der Waals surface area contributed by atoms with Crippen LogP contribution in [0.1, 0.15) is 25.8 Å². The minimum Gasteiger partial charge on any atom is -0.480 e. The van der Waals surface area contributed by atoms with E-state index in [0.29, 0.717) is 22.1 Å². The molecule has 0 amide bonds. The zero-order chi connectivity index (χ0) is 14.8. The molecule has 0 bridgehead atoms. The predicted molar refractivity (Wildman–Crippen MR) is 75.5 cm³/mol. The minimum absolute atomic E-state index is 0.00838. The number of rotatable bonds is 5. The van der Waals surface area contributed by atoms with Crippen molar-refractivity contribution in [2.45, 2.75) is 32.7 Å². The molecule has 0 saturated carbocycles. The lowest BCUT2D eigenvalue weighted by Crippen LogP contribution is -2.42. The van der Waals surface area contributed by atoms with E-state index in [-0.39, 0.29) is 5.69 Å². The number of aliphatic carboxylic acids is 1. The molecule has 1 aromatic rings. The number of nitro benzene ring substituents is 1. The number of nitro groups is 1. The van der Waals surface area contributed by atoms with Gasteiger partial charge in [-0.1, -0.05) is 6.92 Å². The maximum atomic E-state index is 11.2. The normalized spacial score (nSPS) is 13.7. The van der Waals surface area contributed by atoms with Crippen LogP contribution >= 0.6 is 15.9 Å². The highest BCUT2D eigenvalue weighted by molar-refractivity contribution is 9.10. The molecular weight excluding hydrogens is 316 g/mol. The summed E-state index contributed by atoms with van der Waals surface area (Å²) in [6, 6.07) is 2.94. The summed E-state index contributed by atoms with van der Waals surface area (Å²) in [6.45, 7) is 4.94. The maximum Gasteiger partial charge on any atom is 0.329 e. The Morgan fingerprint density at radius 3 is 2.58 bits per heavy atom. The fourth-order valence-corrected chi connectivity index (χ4v) is 1.98. The molecule has 1 atom stereocenters. The van der Waals surface area contributed by atoms with Crippen molar-refractivity contribution in [3.05, 3.63) is 32.3 Å². The van der Waals surface area contributed by atoms with E-state index in [1.165, 1.54) is 6.07 Å². The molecule has 0 spiro atoms. The molecule has 6 nitrogen and oxygen atoms in total. The van der Waals surface area contributed by atoms with Gasteiger partial charge in [-0.05, 0) is 42.3 Å². The molecule has 0 aromatic heterocycles. The molecule has 2 N–H and O–H groups in total. The first-order chi connectivity index (χ1) is 8.71. The Morgan fingerprint density at radius 2 is 2.16 bits per heavy atom. The molecule has 0 aliphatic heterocycles. The van der Waals surface area contributed by atoms with Gasteiger partial charge in [0.25, 0.3) is 5.69 Å². The van der Waals surface area contributed by atoms with Crippen LogP contribution in [0.5, 0.6) is 0 Å². The van der Waals surface area contributed by atoms with Gasteiger partial charge in [0.05, 0.1) is 10.6 Å². The molecule has 0 aliphatic rings. The van der Waals surface area contributed by atoms with Crippen LogP contribution in [-0.4, -0.2) is 21.5 Å². The number of carboxylic acid groups (broad SMARTS) is 1. The monoisotopic (exact) mass is 330 g/mol. The molecule has 0 fully saturated rings. The molecule has 104 valence electrons. The van der Waals surface area contributed by atoms with Crippen molar-refractivity contribution >= 4 is 33.3 Å². The van der Waals surface area contributed by atoms with Gasteiger partial charge in [0.2, 0.25) is 0 Å². The van der Waals surface area contributed by atoms with Crippen LogP contribution in [0.2, 0.25) is 0 Å². The number of benzene rings is 1. The molecule has 0 radical (unpaired) electrons. The number of carboxylic acids is 1. The summed E-state index contributed by atoms with van der Waals surface area (Å²) < 4.78 is 0.464. The Morgan fingerprint density at radius 1 is 1.58 bits per heavy atom. The third-order valence-corrected chi connectivity index (χ3v) is 3.73. The summed E-state index contributed by atoms with van der Waals surface area (Å²) >= 11 is 3.22. The number of hydrogen-bond donors (Lipinski definition) is 2. The lowest BCUT2D eigenvalue weighted by Gasteiger charge is -2.26. The average molecular weight is 331 g/mol. The Bertz CT molecular complexity index is 533. The second kappa shape index (κ2) is 5.56. The third kappa shape index (κ3) is 3.23. The topological polar surface area (TPSA) is 92.5 Å². The highest BCUT2D eigenvalue weighted by Crippen LogP contribution is 2.32. The first kappa shape index (κ1) is 15.4. The van der Waals surface area contributed by atoms with E-state index >= 15 is 0 Å². The number of anilines is 1. The smallest absolute Gasteiger partial charge is 0.329 e. The van der Waals surface area contributed by atoms with Crippen LogP contribution in [0.25, 0.3) is 0 Å². The molecule has 1 rings (SSSR count). The van der Waals surface area contributed by atoms with Crippen molar-refractivity contribution in [1.29, 1.82) is 0 Å². The Labute approximate surface area is 119 Å². The van der Waals surface area contributed by atoms with Gasteiger partial charge >= 0.3 is 5.97 Å². The molecular formula is C12H15BrN2O4. The van der Waals surface area contributed by atoms with Crippen molar-refractivity contribution in [3.8, 4) is 0 Å². The Kier molecular flexibility index (Phi) is 4.52. The minimum atomic E-state index is -1.12. The number of hydrogen-bond acceptors (Lipinski definition) is 4. The van der Waals surface area contributed by atoms with Crippen LogP contribution in [0.3, 0.4) is 0 Å². The van der Waals surface area contributed by atoms with Crippen LogP contribution in [0.15, 0.2) is 16.6 Å². The summed E-state index contributed by atoms with van der Waals surface area (Å²) in [5.74, 6) is -0.974. The van der Waals surface area contributed by atoms with Gasteiger partial charge in [-0.15, -0.1) is 0 Å². The zero-order valence-corrected chi connectivity index (χ0v) is 12.4. The summed E-state index contributed by atoms with van der Waals surface area (Å²) in [6.07, 6.45) is 0.380. The van der Waals surface area contributed by atoms with Gasteiger partial charge in [0.1, 0.15) is 5.54 Å². The lowest BCUT2D eigenvalue weighted by molar-refractivity contribution is -0.385. The highest BCUT2D eigenvalue weighted by Gasteiger charge is 2.31. The van der Waals surface area contributed by atoms with Crippen LogP contribution in [0, 0.1) is 17.0 Å². The number of carbonyl (C=O) groups is 1. The van der Waals surface area contributed by atoms with E-state index in [1.54, 1.807) is 26.8 Å². The second-order valence-corrected chi connectivity index (χ2v) is 5.35. The predicted octanol–water partition coefficient (Wildman–Crippen LogP) is 3.33. The first-order valence-electron chi connectivity index (χ1n) is 5.67. The van der Waals surface area contributed by atoms with Gasteiger partial charge in [-0.25, -0.2) is 4.79 Å². The lowest BCUT2D eigenvalue weighted by atomic mass is 9.98. The largest absolute Gasteiger partial charge is 0.480 e. The summed E-state index contributed by atoms with van der Waals surface area (Å²) in [4.78, 5) is 21.6. The molecule has 1 aromatic carbocycles. The number of aryl methyl sites for hydroxylation is 1. The van der Waals surface area contributed by atoms with E-state index in [9.17, 15) is 20.0 Å². The Hall–Kier alpha value is -1.63. The fraction of sp³-hybridized carbons (Fsp3) is 0.417. The van der Waals surface area contributed by atoms with Crippen molar-refractivity contribution in [2.24, 2.45) is 0 Å². The molecule has 0 heterocycles. The van der Waals surface area contributed by atoms with Gasteiger partial charge in [-0.3, -0.25) is 10.1 Å². The van der Waals surface area contributed by atoms with Gasteiger partial charge in [0.15, 0.2) is 0 Å². The van der Waals surface area contributed by atoms with Crippen molar-refractivity contribution in [1.82, 2.24) is 0 Å². The molecule has 0 aliphatic carbocycles. The number of halogens is 1. The van der Waals surface area contributed by atoms with Gasteiger partial charge < -0.3 is 10.4 Å². The molecule has 0 saturated heterocycles. The van der Waals surface area contributed by atoms with E-state index in [4.69, 9.17) is 0 Å². The third-order valence-electron chi connectivity index (χ3n) is 3.07. The number of nitrogens with zero attached hydrogens (tertiary/aromatic N) is 1. The number of nitrogens with one attached hydrogen (secondary N) is 1. The second-order valence-electron chi connectivity index (χ2n) is 4.49. The molecule has 19 heavy (non-hydrogen) atoms. The van der Waals surface area contributed by atoms with E-state index in [0.717, 1.165) is 0 Å². The fourth-order valence-electron chi connectivity index (χ4n) is 1.55. The van der Waals surface area contributed by atoms with Gasteiger partial charge in [-0.2, -0.15) is 0 Å². The summed E-state index contributed by atoms with van der Waals surface area (Å²) in [5.41, 5.74) is -0.134. The highest BCUT2D eigenvalue weighted by atomic mass is 79.9. The van der Waals surface area contributed by atoms with E-state index in [2.05, 4.69) is 21.2 Å². The quantitative estimate of drug-likeness (QED) is 0.638. The van der Waals surface area contributed by atoms with Crippen molar-refractivity contribution in [2.75, 3.05) is 5.32 Å². The first-order valence-corrected chi connectivity index (χ1v) is 6.46. The summed E-state index contributed by atoms with van der Waals surface area (Å²) in [5, 5.41) is 22.9. The van der Waals surface area contributed by atoms with E-state index < -0.39 is 16.4 Å². The summed E-state index contributed by atoms with van der Waals surface area (Å²) in [7, 11) is 0. The average Bonchev–Trinajstić information content (AvgIpc) is 2.32. The Balaban J connectivity index is 3.20. The van der Waals surface area contributed by atoms with Crippen molar-refractivity contribution < 1.29 is 14.8 Å². The van der Waals surface area contributed by atoms with Crippen LogP contribution in [0.4, 0.5) is 11.4 Å². The standard InChI is InChI=1S/C12H15BrN2O4/c1-4-12(3,11(16)17)14-9-5-7(2)10(15(18)19)6-8(9)13/h5-6,14H,4H2,1-3H3,(H,16,17). The zero-order valence-electron chi connectivity index (χ0n) is 10.9. The van der Waals surface area contributed by atoms with Gasteiger partial charge in [0, 0.05) is 16.1 Å². The maximum absolute atomic E-state index is 11.2. The molecule has 7 heteroatoms. The molecule has 1 unspecified atom stereocenters. The van der Waals surface area contributed by atoms with Crippen molar-refractivity contribution in [3.63, 3.8) is 0 Å².